The van der Waals surface area contributed by atoms with Crippen LogP contribution in [0.1, 0.15) is 6.92 Å². The topological polar surface area (TPSA) is 106 Å². The van der Waals surface area contributed by atoms with Crippen molar-refractivity contribution in [3.63, 3.8) is 0 Å². The molecular formula is C14H11ClN2O5S. The summed E-state index contributed by atoms with van der Waals surface area (Å²) in [7, 11) is -4.12. The predicted octanol–water partition coefficient (Wildman–Crippen LogP) is 3.04. The molecule has 9 heteroatoms. The first-order valence-corrected chi connectivity index (χ1v) is 8.14. The molecule has 0 bridgehead atoms. The van der Waals surface area contributed by atoms with E-state index in [4.69, 9.17) is 11.6 Å². The highest BCUT2D eigenvalue weighted by atomic mass is 35.5. The number of amides is 1. The van der Waals surface area contributed by atoms with Gasteiger partial charge in [0.1, 0.15) is 0 Å². The lowest BCUT2D eigenvalue weighted by Gasteiger charge is -2.07. The van der Waals surface area contributed by atoms with Gasteiger partial charge >= 0.3 is 0 Å². The van der Waals surface area contributed by atoms with Gasteiger partial charge in [0.15, 0.2) is 4.90 Å². The van der Waals surface area contributed by atoms with Crippen LogP contribution in [0.5, 0.6) is 0 Å². The van der Waals surface area contributed by atoms with Gasteiger partial charge in [-0.05, 0) is 36.4 Å². The van der Waals surface area contributed by atoms with Crippen LogP contribution in [0.2, 0.25) is 5.02 Å². The Balaban J connectivity index is 2.52. The molecule has 0 heterocycles. The Bertz CT molecular complexity index is 879. The second-order valence-corrected chi connectivity index (χ2v) is 6.93. The third kappa shape index (κ3) is 3.66. The zero-order valence-corrected chi connectivity index (χ0v) is 13.4. The molecule has 0 saturated carbocycles. The van der Waals surface area contributed by atoms with Crippen LogP contribution in [0.4, 0.5) is 11.4 Å². The lowest BCUT2D eigenvalue weighted by atomic mass is 10.3. The number of nitrogens with zero attached hydrogens (tertiary/aromatic N) is 1. The molecule has 23 heavy (non-hydrogen) atoms. The van der Waals surface area contributed by atoms with Crippen LogP contribution >= 0.6 is 11.6 Å². The first kappa shape index (κ1) is 16.9. The molecule has 1 N–H and O–H groups in total. The molecule has 7 nitrogen and oxygen atoms in total. The minimum Gasteiger partial charge on any atom is -0.326 e. The number of sulfone groups is 1. The van der Waals surface area contributed by atoms with Gasteiger partial charge in [-0.15, -0.1) is 0 Å². The van der Waals surface area contributed by atoms with E-state index in [0.717, 1.165) is 12.1 Å². The maximum atomic E-state index is 12.6. The van der Waals surface area contributed by atoms with Gasteiger partial charge < -0.3 is 5.32 Å². The monoisotopic (exact) mass is 354 g/mol. The lowest BCUT2D eigenvalue weighted by molar-refractivity contribution is -0.387. The van der Waals surface area contributed by atoms with Gasteiger partial charge in [-0.1, -0.05) is 11.6 Å². The highest BCUT2D eigenvalue weighted by Crippen LogP contribution is 2.32. The summed E-state index contributed by atoms with van der Waals surface area (Å²) in [5.41, 5.74) is -0.141. The number of carbonyl (C=O) groups excluding carboxylic acids is 1. The maximum absolute atomic E-state index is 12.6. The van der Waals surface area contributed by atoms with E-state index in [-0.39, 0.29) is 15.8 Å². The molecule has 1 amide bonds. The SMILES string of the molecule is CC(=O)Nc1ccc(S(=O)(=O)c2cc(Cl)ccc2[N+](=O)[O-])cc1. The number of anilines is 1. The van der Waals surface area contributed by atoms with Gasteiger partial charge in [-0.25, -0.2) is 8.42 Å². The molecule has 2 aromatic rings. The normalized spacial score (nSPS) is 11.0. The largest absolute Gasteiger partial charge is 0.326 e. The van der Waals surface area contributed by atoms with Crippen molar-refractivity contribution in [2.24, 2.45) is 0 Å². The number of hydrogen-bond acceptors (Lipinski definition) is 5. The first-order chi connectivity index (χ1) is 10.7. The number of benzene rings is 2. The molecule has 0 aliphatic carbocycles. The van der Waals surface area contributed by atoms with E-state index in [1.807, 2.05) is 0 Å². The summed E-state index contributed by atoms with van der Waals surface area (Å²) >= 11 is 5.76. The van der Waals surface area contributed by atoms with Crippen molar-refractivity contribution < 1.29 is 18.1 Å². The van der Waals surface area contributed by atoms with Gasteiger partial charge in [0.2, 0.25) is 15.7 Å². The zero-order valence-electron chi connectivity index (χ0n) is 11.8. The average molecular weight is 355 g/mol. The number of nitro groups is 1. The number of nitro benzene ring substituents is 1. The molecule has 0 unspecified atom stereocenters. The average Bonchev–Trinajstić information content (AvgIpc) is 2.46. The van der Waals surface area contributed by atoms with Crippen LogP contribution in [0.25, 0.3) is 0 Å². The van der Waals surface area contributed by atoms with Crippen molar-refractivity contribution in [2.45, 2.75) is 16.7 Å². The second-order valence-electron chi connectivity index (χ2n) is 4.58. The smallest absolute Gasteiger partial charge is 0.288 e. The van der Waals surface area contributed by atoms with E-state index in [2.05, 4.69) is 5.32 Å². The van der Waals surface area contributed by atoms with Gasteiger partial charge in [0, 0.05) is 23.7 Å². The van der Waals surface area contributed by atoms with Crippen molar-refractivity contribution in [1.29, 1.82) is 0 Å². The number of carbonyl (C=O) groups is 1. The van der Waals surface area contributed by atoms with Crippen molar-refractivity contribution in [3.8, 4) is 0 Å². The second kappa shape index (κ2) is 6.35. The van der Waals surface area contributed by atoms with E-state index in [1.54, 1.807) is 0 Å². The Morgan fingerprint density at radius 2 is 1.78 bits per heavy atom. The summed E-state index contributed by atoms with van der Waals surface area (Å²) in [6.45, 7) is 1.32. The Kier molecular flexibility index (Phi) is 4.67. The molecule has 0 radical (unpaired) electrons. The molecule has 0 atom stereocenters. The van der Waals surface area contributed by atoms with Crippen LogP contribution in [0.15, 0.2) is 52.3 Å². The molecule has 120 valence electrons. The van der Waals surface area contributed by atoms with Crippen molar-refractivity contribution >= 4 is 38.7 Å². The molecule has 0 fully saturated rings. The first-order valence-electron chi connectivity index (χ1n) is 6.28. The van der Waals surface area contributed by atoms with Crippen LogP contribution in [-0.2, 0) is 14.6 Å². The van der Waals surface area contributed by atoms with Crippen LogP contribution in [0, 0.1) is 10.1 Å². The molecule has 2 rings (SSSR count). The highest BCUT2D eigenvalue weighted by Gasteiger charge is 2.27. The fraction of sp³-hybridized carbons (Fsp3) is 0.0714. The summed E-state index contributed by atoms with van der Waals surface area (Å²) in [5.74, 6) is -0.300. The third-order valence-corrected chi connectivity index (χ3v) is 4.93. The summed E-state index contributed by atoms with van der Waals surface area (Å²) in [4.78, 5) is 20.6. The predicted molar refractivity (Wildman–Crippen MR) is 84.3 cm³/mol. The molecule has 0 aliphatic rings. The van der Waals surface area contributed by atoms with E-state index in [0.29, 0.717) is 5.69 Å². The Morgan fingerprint density at radius 1 is 1.17 bits per heavy atom. The fourth-order valence-electron chi connectivity index (χ4n) is 1.90. The van der Waals surface area contributed by atoms with Crippen LogP contribution in [0.3, 0.4) is 0 Å². The molecule has 0 aromatic heterocycles. The maximum Gasteiger partial charge on any atom is 0.288 e. The van der Waals surface area contributed by atoms with E-state index in [9.17, 15) is 23.3 Å². The van der Waals surface area contributed by atoms with Gasteiger partial charge in [-0.3, -0.25) is 14.9 Å². The van der Waals surface area contributed by atoms with E-state index < -0.39 is 25.3 Å². The standard InChI is InChI=1S/C14H11ClN2O5S/c1-9(18)16-11-3-5-12(6-4-11)23(21,22)14-8-10(15)2-7-13(14)17(19)20/h2-8H,1H3,(H,16,18). The quantitative estimate of drug-likeness (QED) is 0.670. The summed E-state index contributed by atoms with van der Waals surface area (Å²) in [6, 6.07) is 8.63. The minimum absolute atomic E-state index is 0.0732. The van der Waals surface area contributed by atoms with Crippen LogP contribution < -0.4 is 5.32 Å². The minimum atomic E-state index is -4.12. The van der Waals surface area contributed by atoms with Gasteiger partial charge in [0.25, 0.3) is 5.69 Å². The van der Waals surface area contributed by atoms with Gasteiger partial charge in [0.05, 0.1) is 9.82 Å². The Labute approximate surface area is 137 Å². The Morgan fingerprint density at radius 3 is 2.30 bits per heavy atom. The van der Waals surface area contributed by atoms with E-state index in [1.165, 1.54) is 37.3 Å². The van der Waals surface area contributed by atoms with Crippen molar-refractivity contribution in [2.75, 3.05) is 5.32 Å². The van der Waals surface area contributed by atoms with Crippen LogP contribution in [-0.4, -0.2) is 19.2 Å². The molecule has 0 aliphatic heterocycles. The molecule has 2 aromatic carbocycles. The lowest BCUT2D eigenvalue weighted by Crippen LogP contribution is -2.08. The van der Waals surface area contributed by atoms with Gasteiger partial charge in [-0.2, -0.15) is 0 Å². The third-order valence-electron chi connectivity index (χ3n) is 2.89. The Hall–Kier alpha value is -2.45. The highest BCUT2D eigenvalue weighted by molar-refractivity contribution is 7.91. The number of rotatable bonds is 4. The fourth-order valence-corrected chi connectivity index (χ4v) is 3.59. The summed E-state index contributed by atoms with van der Waals surface area (Å²) < 4.78 is 25.2. The number of nitrogens with one attached hydrogen (secondary N) is 1. The number of halogens is 1. The number of hydrogen-bond donors (Lipinski definition) is 1. The zero-order chi connectivity index (χ0) is 17.2. The van der Waals surface area contributed by atoms with Crippen molar-refractivity contribution in [3.05, 3.63) is 57.6 Å². The molecule has 0 saturated heterocycles. The van der Waals surface area contributed by atoms with E-state index >= 15 is 0 Å². The summed E-state index contributed by atoms with van der Waals surface area (Å²) in [6.07, 6.45) is 0. The summed E-state index contributed by atoms with van der Waals surface area (Å²) in [5, 5.41) is 13.6. The molecular weight excluding hydrogens is 344 g/mol. The molecule has 0 spiro atoms. The van der Waals surface area contributed by atoms with Crippen molar-refractivity contribution in [1.82, 2.24) is 0 Å².